The number of ether oxygens (including phenoxy) is 1. The van der Waals surface area contributed by atoms with Crippen LogP contribution < -0.4 is 10.5 Å². The normalized spacial score (nSPS) is 10.8. The van der Waals surface area contributed by atoms with Crippen LogP contribution in [0.1, 0.15) is 25.3 Å². The Morgan fingerprint density at radius 3 is 2.65 bits per heavy atom. The van der Waals surface area contributed by atoms with Crippen LogP contribution in [0, 0.1) is 0 Å². The van der Waals surface area contributed by atoms with Crippen LogP contribution in [0.15, 0.2) is 33.9 Å². The van der Waals surface area contributed by atoms with E-state index in [0.717, 1.165) is 15.8 Å². The summed E-state index contributed by atoms with van der Waals surface area (Å²) in [6, 6.07) is 7.56. The Hall–Kier alpha value is -1.27. The Morgan fingerprint density at radius 1 is 1.25 bits per heavy atom. The summed E-state index contributed by atoms with van der Waals surface area (Å²) in [7, 11) is 0. The first kappa shape index (κ1) is 15.1. The molecule has 0 saturated carbocycles. The number of benzene rings is 1. The lowest BCUT2D eigenvalue weighted by molar-refractivity contribution is 0.448. The molecule has 0 aliphatic carbocycles. The third-order valence-corrected chi connectivity index (χ3v) is 3.73. The quantitative estimate of drug-likeness (QED) is 0.649. The predicted molar refractivity (Wildman–Crippen MR) is 86.5 cm³/mol. The molecule has 0 aliphatic rings. The number of thioether (sulfide) groups is 1. The van der Waals surface area contributed by atoms with E-state index in [1.165, 1.54) is 11.8 Å². The summed E-state index contributed by atoms with van der Waals surface area (Å²) in [6.07, 6.45) is 1.90. The van der Waals surface area contributed by atoms with Crippen molar-refractivity contribution in [1.29, 1.82) is 0 Å². The van der Waals surface area contributed by atoms with Crippen molar-refractivity contribution in [3.05, 3.63) is 34.3 Å². The van der Waals surface area contributed by atoms with Crippen LogP contribution in [0.2, 0.25) is 0 Å². The smallest absolute Gasteiger partial charge is 0.225 e. The van der Waals surface area contributed by atoms with Gasteiger partial charge in [-0.15, -0.1) is 0 Å². The average Bonchev–Trinajstić information content (AvgIpc) is 2.40. The van der Waals surface area contributed by atoms with Crippen molar-refractivity contribution in [1.82, 2.24) is 9.97 Å². The molecule has 0 saturated heterocycles. The maximum absolute atomic E-state index is 5.88. The molecule has 1 aromatic carbocycles. The molecule has 0 bridgehead atoms. The van der Waals surface area contributed by atoms with Crippen molar-refractivity contribution >= 4 is 33.5 Å². The Bertz CT molecular complexity index is 619. The molecular weight excluding hydrogens is 338 g/mol. The molecule has 0 spiro atoms. The van der Waals surface area contributed by atoms with Gasteiger partial charge in [-0.3, -0.25) is 0 Å². The van der Waals surface area contributed by atoms with Gasteiger partial charge in [0.15, 0.2) is 5.16 Å². The van der Waals surface area contributed by atoms with Crippen molar-refractivity contribution in [2.24, 2.45) is 0 Å². The molecule has 1 heterocycles. The van der Waals surface area contributed by atoms with E-state index in [9.17, 15) is 0 Å². The van der Waals surface area contributed by atoms with Gasteiger partial charge in [-0.1, -0.05) is 41.5 Å². The molecule has 0 atom stereocenters. The Labute approximate surface area is 131 Å². The van der Waals surface area contributed by atoms with Gasteiger partial charge in [-0.05, 0) is 35.9 Å². The molecule has 20 heavy (non-hydrogen) atoms. The minimum atomic E-state index is 0.349. The second kappa shape index (κ2) is 6.45. The highest BCUT2D eigenvalue weighted by molar-refractivity contribution is 9.10. The van der Waals surface area contributed by atoms with E-state index in [0.29, 0.717) is 22.8 Å². The molecule has 0 unspecified atom stereocenters. The van der Waals surface area contributed by atoms with Gasteiger partial charge >= 0.3 is 0 Å². The van der Waals surface area contributed by atoms with E-state index in [1.54, 1.807) is 6.07 Å². The summed E-state index contributed by atoms with van der Waals surface area (Å²) in [5, 5.41) is 0.600. The Kier molecular flexibility index (Phi) is 4.88. The molecule has 1 aromatic heterocycles. The molecular formula is C14H16BrN3OS. The SMILES string of the molecule is CSc1nc(N)cc(Oc2ccc(Br)cc2C(C)C)n1. The highest BCUT2D eigenvalue weighted by Gasteiger charge is 2.11. The molecule has 106 valence electrons. The van der Waals surface area contributed by atoms with Gasteiger partial charge in [0.2, 0.25) is 5.88 Å². The number of aromatic nitrogens is 2. The average molecular weight is 354 g/mol. The summed E-state index contributed by atoms with van der Waals surface area (Å²) in [5.74, 6) is 2.00. The van der Waals surface area contributed by atoms with Crippen molar-refractivity contribution in [3.8, 4) is 11.6 Å². The predicted octanol–water partition coefficient (Wildman–Crippen LogP) is 4.46. The van der Waals surface area contributed by atoms with Gasteiger partial charge in [-0.2, -0.15) is 4.98 Å². The van der Waals surface area contributed by atoms with Crippen LogP contribution in [-0.2, 0) is 0 Å². The molecule has 4 nitrogen and oxygen atoms in total. The van der Waals surface area contributed by atoms with E-state index in [1.807, 2.05) is 18.4 Å². The fourth-order valence-corrected chi connectivity index (χ4v) is 2.50. The topological polar surface area (TPSA) is 61.0 Å². The lowest BCUT2D eigenvalue weighted by Gasteiger charge is -2.14. The number of nitrogens with zero attached hydrogens (tertiary/aromatic N) is 2. The summed E-state index contributed by atoms with van der Waals surface area (Å²) in [5.41, 5.74) is 6.87. The summed E-state index contributed by atoms with van der Waals surface area (Å²) in [6.45, 7) is 4.24. The van der Waals surface area contributed by atoms with E-state index in [-0.39, 0.29) is 0 Å². The van der Waals surface area contributed by atoms with Gasteiger partial charge in [0.1, 0.15) is 11.6 Å². The molecule has 2 rings (SSSR count). The fourth-order valence-electron chi connectivity index (χ4n) is 1.74. The fraction of sp³-hybridized carbons (Fsp3) is 0.286. The van der Waals surface area contributed by atoms with Crippen LogP contribution in [-0.4, -0.2) is 16.2 Å². The third-order valence-electron chi connectivity index (χ3n) is 2.69. The lowest BCUT2D eigenvalue weighted by atomic mass is 10.0. The van der Waals surface area contributed by atoms with Crippen molar-refractivity contribution in [2.45, 2.75) is 24.9 Å². The number of nitrogen functional groups attached to an aromatic ring is 1. The summed E-state index contributed by atoms with van der Waals surface area (Å²) in [4.78, 5) is 8.42. The minimum absolute atomic E-state index is 0.349. The molecule has 0 aliphatic heterocycles. The van der Waals surface area contributed by atoms with Gasteiger partial charge in [0, 0.05) is 10.5 Å². The first-order chi connectivity index (χ1) is 9.49. The van der Waals surface area contributed by atoms with Gasteiger partial charge in [0.25, 0.3) is 0 Å². The van der Waals surface area contributed by atoms with Crippen LogP contribution in [0.25, 0.3) is 0 Å². The molecule has 2 aromatic rings. The maximum atomic E-state index is 5.88. The van der Waals surface area contributed by atoms with Crippen molar-refractivity contribution in [3.63, 3.8) is 0 Å². The Balaban J connectivity index is 2.37. The molecule has 2 N–H and O–H groups in total. The largest absolute Gasteiger partial charge is 0.439 e. The standard InChI is InChI=1S/C14H16BrN3OS/c1-8(2)10-6-9(15)4-5-11(10)19-13-7-12(16)17-14(18-13)20-3/h4-8H,1-3H3,(H2,16,17,18). The summed E-state index contributed by atoms with van der Waals surface area (Å²) >= 11 is 4.91. The number of hydrogen-bond donors (Lipinski definition) is 1. The van der Waals surface area contributed by atoms with E-state index < -0.39 is 0 Å². The first-order valence-corrected chi connectivity index (χ1v) is 8.17. The maximum Gasteiger partial charge on any atom is 0.225 e. The second-order valence-corrected chi connectivity index (χ2v) is 6.25. The second-order valence-electron chi connectivity index (χ2n) is 4.56. The highest BCUT2D eigenvalue weighted by atomic mass is 79.9. The molecule has 0 amide bonds. The number of hydrogen-bond acceptors (Lipinski definition) is 5. The van der Waals surface area contributed by atoms with Crippen LogP contribution in [0.3, 0.4) is 0 Å². The molecule has 6 heteroatoms. The summed E-state index contributed by atoms with van der Waals surface area (Å²) < 4.78 is 6.91. The van der Waals surface area contributed by atoms with Gasteiger partial charge in [-0.25, -0.2) is 4.98 Å². The highest BCUT2D eigenvalue weighted by Crippen LogP contribution is 2.33. The minimum Gasteiger partial charge on any atom is -0.439 e. The van der Waals surface area contributed by atoms with E-state index >= 15 is 0 Å². The zero-order chi connectivity index (χ0) is 14.7. The van der Waals surface area contributed by atoms with Crippen molar-refractivity contribution < 1.29 is 4.74 Å². The van der Waals surface area contributed by atoms with Crippen LogP contribution >= 0.6 is 27.7 Å². The van der Waals surface area contributed by atoms with Crippen LogP contribution in [0.4, 0.5) is 5.82 Å². The van der Waals surface area contributed by atoms with Gasteiger partial charge in [0.05, 0.1) is 0 Å². The van der Waals surface area contributed by atoms with Crippen LogP contribution in [0.5, 0.6) is 11.6 Å². The van der Waals surface area contributed by atoms with Crippen molar-refractivity contribution in [2.75, 3.05) is 12.0 Å². The zero-order valence-electron chi connectivity index (χ0n) is 11.6. The van der Waals surface area contributed by atoms with E-state index in [2.05, 4.69) is 45.8 Å². The molecule has 0 radical (unpaired) electrons. The number of anilines is 1. The van der Waals surface area contributed by atoms with E-state index in [4.69, 9.17) is 10.5 Å². The number of rotatable bonds is 4. The first-order valence-electron chi connectivity index (χ1n) is 6.15. The lowest BCUT2D eigenvalue weighted by Crippen LogP contribution is -1.99. The number of halogens is 1. The van der Waals surface area contributed by atoms with Gasteiger partial charge < -0.3 is 10.5 Å². The monoisotopic (exact) mass is 353 g/mol. The number of nitrogens with two attached hydrogens (primary N) is 1. The third kappa shape index (κ3) is 3.64. The molecule has 0 fully saturated rings. The Morgan fingerprint density at radius 2 is 2.00 bits per heavy atom. The zero-order valence-corrected chi connectivity index (χ0v) is 14.0.